The summed E-state index contributed by atoms with van der Waals surface area (Å²) < 4.78 is 1.39. The lowest BCUT2D eigenvalue weighted by molar-refractivity contribution is 0.153. The van der Waals surface area contributed by atoms with Gasteiger partial charge in [0.1, 0.15) is 0 Å². The molecule has 0 spiro atoms. The molecule has 1 aromatic heterocycles. The predicted molar refractivity (Wildman–Crippen MR) is 138 cm³/mol. The van der Waals surface area contributed by atoms with Gasteiger partial charge in [0.15, 0.2) is 0 Å². The Hall–Kier alpha value is -3.39. The van der Waals surface area contributed by atoms with Gasteiger partial charge in [-0.05, 0) is 54.1 Å². The van der Waals surface area contributed by atoms with Crippen molar-refractivity contribution >= 4 is 28.7 Å². The van der Waals surface area contributed by atoms with E-state index >= 15 is 0 Å². The summed E-state index contributed by atoms with van der Waals surface area (Å²) in [6.45, 7) is 9.71. The van der Waals surface area contributed by atoms with Crippen molar-refractivity contribution in [3.8, 4) is 0 Å². The molecule has 0 unspecified atom stereocenters. The summed E-state index contributed by atoms with van der Waals surface area (Å²) in [5.74, 6) is 0. The van der Waals surface area contributed by atoms with Gasteiger partial charge < -0.3 is 20.4 Å². The quantitative estimate of drug-likeness (QED) is 0.578. The van der Waals surface area contributed by atoms with Crippen LogP contribution in [0.2, 0.25) is 0 Å². The second-order valence-electron chi connectivity index (χ2n) is 10.7. The maximum atomic E-state index is 13.0. The summed E-state index contributed by atoms with van der Waals surface area (Å²) in [6, 6.07) is 11.7. The number of urea groups is 1. The molecule has 0 bridgehead atoms. The zero-order valence-electron chi connectivity index (χ0n) is 21.0. The monoisotopic (exact) mass is 474 g/mol. The number of amides is 3. The Morgan fingerprint density at radius 1 is 1.06 bits per heavy atom. The Labute approximate surface area is 206 Å². The average molecular weight is 475 g/mol. The van der Waals surface area contributed by atoms with Crippen molar-refractivity contribution in [1.82, 2.24) is 24.9 Å². The number of benzene rings is 2. The minimum Gasteiger partial charge on any atom is -0.331 e. The van der Waals surface area contributed by atoms with Crippen molar-refractivity contribution in [2.75, 3.05) is 38.5 Å². The van der Waals surface area contributed by atoms with E-state index in [1.165, 1.54) is 21.4 Å². The molecular formula is C27H34N6O2. The van der Waals surface area contributed by atoms with Crippen molar-refractivity contribution in [3.63, 3.8) is 0 Å². The van der Waals surface area contributed by atoms with E-state index in [9.17, 15) is 9.59 Å². The van der Waals surface area contributed by atoms with Crippen molar-refractivity contribution < 1.29 is 9.59 Å². The van der Waals surface area contributed by atoms with E-state index in [-0.39, 0.29) is 23.5 Å². The van der Waals surface area contributed by atoms with Gasteiger partial charge in [0, 0.05) is 37.8 Å². The lowest BCUT2D eigenvalue weighted by atomic mass is 9.85. The van der Waals surface area contributed by atoms with Crippen molar-refractivity contribution in [3.05, 3.63) is 59.3 Å². The maximum absolute atomic E-state index is 13.0. The minimum atomic E-state index is -0.256. The van der Waals surface area contributed by atoms with E-state index in [4.69, 9.17) is 0 Å². The van der Waals surface area contributed by atoms with Gasteiger partial charge in [-0.2, -0.15) is 9.78 Å². The molecule has 2 heterocycles. The Morgan fingerprint density at radius 3 is 2.57 bits per heavy atom. The Balaban J connectivity index is 1.29. The molecule has 3 amide bonds. The maximum Gasteiger partial charge on any atom is 0.344 e. The fraction of sp³-hybridized carbons (Fsp3) is 0.444. The second kappa shape index (κ2) is 9.00. The summed E-state index contributed by atoms with van der Waals surface area (Å²) in [5.41, 5.74) is 5.24. The van der Waals surface area contributed by atoms with E-state index in [2.05, 4.69) is 66.7 Å². The van der Waals surface area contributed by atoms with Gasteiger partial charge in [-0.1, -0.05) is 45.0 Å². The van der Waals surface area contributed by atoms with Gasteiger partial charge >= 0.3 is 12.1 Å². The third-order valence-electron chi connectivity index (χ3n) is 7.16. The highest BCUT2D eigenvalue weighted by molar-refractivity contribution is 6.01. The van der Waals surface area contributed by atoms with Gasteiger partial charge in [-0.25, -0.2) is 9.59 Å². The molecule has 1 atom stereocenters. The molecule has 0 saturated carbocycles. The standard InChI is InChI=1S/C27H34N6O2/c1-27(2,3)19-9-10-20-18(16-19)8-11-23(20)29-25(34)28-22-6-5-7-24-21(22)17-33(30-24)26(35)32-14-12-31(4)13-15-32/h5-7,9-10,16-17,23H,8,11-15H2,1-4H3,(H2,28,29,34)/t23-/m1/s1. The van der Waals surface area contributed by atoms with Gasteiger partial charge in [-0.3, -0.25) is 0 Å². The molecule has 184 valence electrons. The first kappa shape index (κ1) is 23.4. The first-order chi connectivity index (χ1) is 16.7. The van der Waals surface area contributed by atoms with Gasteiger partial charge in [-0.15, -0.1) is 0 Å². The number of hydrogen-bond donors (Lipinski definition) is 2. The molecule has 1 aliphatic carbocycles. The third-order valence-corrected chi connectivity index (χ3v) is 7.16. The van der Waals surface area contributed by atoms with Crippen LogP contribution in [-0.4, -0.2) is 64.9 Å². The Morgan fingerprint density at radius 2 is 1.83 bits per heavy atom. The van der Waals surface area contributed by atoms with Gasteiger partial charge in [0.05, 0.1) is 17.2 Å². The average Bonchev–Trinajstić information content (AvgIpc) is 3.43. The molecule has 5 rings (SSSR count). The normalized spacial score (nSPS) is 18.5. The largest absolute Gasteiger partial charge is 0.344 e. The number of likely N-dealkylation sites (N-methyl/N-ethyl adjacent to an activating group) is 1. The number of nitrogens with zero attached hydrogens (tertiary/aromatic N) is 4. The number of fused-ring (bicyclic) bond motifs is 2. The molecule has 8 nitrogen and oxygen atoms in total. The van der Waals surface area contributed by atoms with Crippen LogP contribution in [0.1, 0.15) is 49.9 Å². The van der Waals surface area contributed by atoms with Crippen LogP contribution in [-0.2, 0) is 11.8 Å². The van der Waals surface area contributed by atoms with Crippen molar-refractivity contribution in [1.29, 1.82) is 0 Å². The molecular weight excluding hydrogens is 440 g/mol. The first-order valence-corrected chi connectivity index (χ1v) is 12.4. The van der Waals surface area contributed by atoms with E-state index in [0.717, 1.165) is 31.3 Å². The van der Waals surface area contributed by atoms with E-state index in [0.29, 0.717) is 24.3 Å². The van der Waals surface area contributed by atoms with Crippen LogP contribution in [0.3, 0.4) is 0 Å². The highest BCUT2D eigenvalue weighted by Crippen LogP contribution is 2.34. The number of carbonyl (C=O) groups is 2. The van der Waals surface area contributed by atoms with Crippen LogP contribution < -0.4 is 10.6 Å². The summed E-state index contributed by atoms with van der Waals surface area (Å²) in [4.78, 5) is 29.9. The van der Waals surface area contributed by atoms with E-state index in [1.54, 1.807) is 6.20 Å². The SMILES string of the molecule is CN1CCN(C(=O)n2cc3c(NC(=O)N[C@@H]4CCc5cc(C(C)(C)C)ccc54)cccc3n2)CC1. The number of hydrogen-bond acceptors (Lipinski definition) is 4. The van der Waals surface area contributed by atoms with Crippen LogP contribution in [0.15, 0.2) is 42.6 Å². The number of carbonyl (C=O) groups excluding carboxylic acids is 2. The lowest BCUT2D eigenvalue weighted by Crippen LogP contribution is -2.48. The molecule has 2 N–H and O–H groups in total. The Kier molecular flexibility index (Phi) is 6.01. The molecule has 1 fully saturated rings. The molecule has 1 aliphatic heterocycles. The van der Waals surface area contributed by atoms with Gasteiger partial charge in [0.25, 0.3) is 0 Å². The lowest BCUT2D eigenvalue weighted by Gasteiger charge is -2.31. The van der Waals surface area contributed by atoms with E-state index < -0.39 is 0 Å². The summed E-state index contributed by atoms with van der Waals surface area (Å²) >= 11 is 0. The molecule has 3 aromatic rings. The third kappa shape index (κ3) is 4.75. The van der Waals surface area contributed by atoms with Crippen molar-refractivity contribution in [2.45, 2.75) is 45.1 Å². The summed E-state index contributed by atoms with van der Waals surface area (Å²) in [5, 5.41) is 11.3. The summed E-state index contributed by atoms with van der Waals surface area (Å²) in [7, 11) is 2.06. The van der Waals surface area contributed by atoms with Crippen molar-refractivity contribution in [2.24, 2.45) is 0 Å². The minimum absolute atomic E-state index is 0.0141. The number of piperazine rings is 1. The van der Waals surface area contributed by atoms with Crippen LogP contribution in [0.25, 0.3) is 10.9 Å². The molecule has 35 heavy (non-hydrogen) atoms. The zero-order valence-corrected chi connectivity index (χ0v) is 21.0. The smallest absolute Gasteiger partial charge is 0.331 e. The number of anilines is 1. The summed E-state index contributed by atoms with van der Waals surface area (Å²) in [6.07, 6.45) is 3.56. The molecule has 0 radical (unpaired) electrons. The number of aromatic nitrogens is 2. The highest BCUT2D eigenvalue weighted by atomic mass is 16.2. The van der Waals surface area contributed by atoms with Crippen LogP contribution in [0, 0.1) is 0 Å². The number of nitrogens with one attached hydrogen (secondary N) is 2. The Bertz CT molecular complexity index is 1270. The zero-order chi connectivity index (χ0) is 24.7. The first-order valence-electron chi connectivity index (χ1n) is 12.4. The predicted octanol–water partition coefficient (Wildman–Crippen LogP) is 4.36. The fourth-order valence-corrected chi connectivity index (χ4v) is 4.94. The second-order valence-corrected chi connectivity index (χ2v) is 10.7. The molecule has 2 aromatic carbocycles. The van der Waals surface area contributed by atoms with E-state index in [1.807, 2.05) is 23.1 Å². The molecule has 1 saturated heterocycles. The van der Waals surface area contributed by atoms with Crippen LogP contribution in [0.5, 0.6) is 0 Å². The number of rotatable bonds is 2. The van der Waals surface area contributed by atoms with Gasteiger partial charge in [0.2, 0.25) is 0 Å². The topological polar surface area (TPSA) is 82.5 Å². The molecule has 2 aliphatic rings. The van der Waals surface area contributed by atoms with Crippen LogP contribution >= 0.6 is 0 Å². The fourth-order valence-electron chi connectivity index (χ4n) is 4.94. The highest BCUT2D eigenvalue weighted by Gasteiger charge is 2.26. The number of aryl methyl sites for hydroxylation is 1. The van der Waals surface area contributed by atoms with Crippen LogP contribution in [0.4, 0.5) is 15.3 Å². The molecule has 8 heteroatoms.